The number of unbranched alkanes of at least 4 members (excludes halogenated alkanes) is 1. The zero-order valence-electron chi connectivity index (χ0n) is 26.2. The summed E-state index contributed by atoms with van der Waals surface area (Å²) in [5, 5.41) is 4.88. The number of nitrogens with one attached hydrogen (secondary N) is 3. The third-order valence-electron chi connectivity index (χ3n) is 9.03. The van der Waals surface area contributed by atoms with Gasteiger partial charge in [0.2, 0.25) is 21.8 Å². The number of amides is 4. The molecule has 1 saturated heterocycles. The van der Waals surface area contributed by atoms with Crippen LogP contribution in [0.4, 0.5) is 4.79 Å². The molecule has 2 heterocycles. The van der Waals surface area contributed by atoms with E-state index < -0.39 is 68.7 Å². The van der Waals surface area contributed by atoms with Crippen molar-refractivity contribution in [3.05, 3.63) is 54.1 Å². The molecule has 12 nitrogen and oxygen atoms in total. The van der Waals surface area contributed by atoms with Crippen LogP contribution in [0.1, 0.15) is 75.8 Å². The number of carbonyl (C=O) groups is 4. The van der Waals surface area contributed by atoms with Gasteiger partial charge in [-0.3, -0.25) is 19.1 Å². The molecule has 2 aliphatic carbocycles. The van der Waals surface area contributed by atoms with Crippen molar-refractivity contribution >= 4 is 39.9 Å². The maximum absolute atomic E-state index is 14.0. The van der Waals surface area contributed by atoms with E-state index in [9.17, 15) is 27.6 Å². The first-order valence-electron chi connectivity index (χ1n) is 16.2. The third-order valence-corrected chi connectivity index (χ3v) is 10.8. The van der Waals surface area contributed by atoms with Gasteiger partial charge in [0, 0.05) is 18.9 Å². The van der Waals surface area contributed by atoms with Gasteiger partial charge in [-0.2, -0.15) is 0 Å². The summed E-state index contributed by atoms with van der Waals surface area (Å²) in [4.78, 5) is 55.4. The van der Waals surface area contributed by atoms with Crippen LogP contribution in [0.15, 0.2) is 43.0 Å². The molecular weight excluding hydrogens is 612 g/mol. The van der Waals surface area contributed by atoms with Gasteiger partial charge in [0.25, 0.3) is 5.91 Å². The van der Waals surface area contributed by atoms with E-state index in [1.165, 1.54) is 11.0 Å². The average Bonchev–Trinajstić information content (AvgIpc) is 3.96. The number of hydrogen-bond donors (Lipinski definition) is 3. The maximum atomic E-state index is 14.0. The number of ether oxygens (including phenoxy) is 2. The van der Waals surface area contributed by atoms with Gasteiger partial charge in [0.1, 0.15) is 17.6 Å². The summed E-state index contributed by atoms with van der Waals surface area (Å²) in [6, 6.07) is 5.91. The van der Waals surface area contributed by atoms with Crippen LogP contribution in [-0.2, 0) is 40.5 Å². The molecule has 0 spiro atoms. The lowest BCUT2D eigenvalue weighted by Crippen LogP contribution is -2.58. The molecular formula is C33H44N4O8S. The van der Waals surface area contributed by atoms with E-state index in [1.807, 2.05) is 43.3 Å². The largest absolute Gasteiger partial charge is 0.450 e. The van der Waals surface area contributed by atoms with E-state index in [0.717, 1.165) is 17.5 Å². The standard InChI is InChI=1S/C33H44N4O8S/c1-3-5-13-27-30(39)37-20-25(45-21-23-12-9-11-22(17-23)10-7-6-8-16-44-32(41)34-27)18-28(37)29(38)35-33(19-24(33)4-2)31(40)36-46(42,43)26-14-15-26/h4,7,9-12,17,24-28H,2-3,5-6,8,13-16,18-21H2,1H3,(H,34,41)(H,35,38)(H,36,40)/t24-,25-,27+,28+,33-/m1/s1. The zero-order valence-corrected chi connectivity index (χ0v) is 27.1. The SMILES string of the molecule is C=C[C@@H]1C[C@]1(NC(=O)[C@@H]1C[C@@H]2CN1C(=O)[C@H](CCCC)NC(=O)OCCCC=Cc1cccc(c1)CO2)C(=O)NS(=O)(=O)C1CC1. The van der Waals surface area contributed by atoms with Crippen LogP contribution >= 0.6 is 0 Å². The summed E-state index contributed by atoms with van der Waals surface area (Å²) in [6.07, 6.45) is 8.72. The normalized spacial score (nSPS) is 28.7. The van der Waals surface area contributed by atoms with Crippen LogP contribution in [0.3, 0.4) is 0 Å². The molecule has 3 N–H and O–H groups in total. The van der Waals surface area contributed by atoms with Gasteiger partial charge in [-0.1, -0.05) is 56.2 Å². The summed E-state index contributed by atoms with van der Waals surface area (Å²) in [6.45, 7) is 6.26. The molecule has 5 rings (SSSR count). The molecule has 1 aromatic rings. The van der Waals surface area contributed by atoms with Crippen LogP contribution in [0.5, 0.6) is 0 Å². The van der Waals surface area contributed by atoms with Gasteiger partial charge in [-0.25, -0.2) is 13.2 Å². The van der Waals surface area contributed by atoms with Crippen LogP contribution < -0.4 is 15.4 Å². The predicted molar refractivity (Wildman–Crippen MR) is 170 cm³/mol. The number of rotatable bonds is 9. The number of benzene rings is 1. The second kappa shape index (κ2) is 14.4. The monoisotopic (exact) mass is 656 g/mol. The Kier molecular flexibility index (Phi) is 10.5. The fourth-order valence-electron chi connectivity index (χ4n) is 6.07. The van der Waals surface area contributed by atoms with Crippen molar-refractivity contribution in [3.8, 4) is 0 Å². The molecule has 2 saturated carbocycles. The number of sulfonamides is 1. The Morgan fingerprint density at radius 3 is 2.76 bits per heavy atom. The van der Waals surface area contributed by atoms with Crippen molar-refractivity contribution in [2.45, 2.75) is 100 Å². The van der Waals surface area contributed by atoms with Crippen molar-refractivity contribution in [2.75, 3.05) is 13.2 Å². The first-order valence-corrected chi connectivity index (χ1v) is 17.7. The highest BCUT2D eigenvalue weighted by atomic mass is 32.2. The van der Waals surface area contributed by atoms with E-state index in [-0.39, 0.29) is 32.6 Å². The fraction of sp³-hybridized carbons (Fsp3) is 0.576. The van der Waals surface area contributed by atoms with Crippen molar-refractivity contribution in [1.82, 2.24) is 20.3 Å². The van der Waals surface area contributed by atoms with Crippen LogP contribution in [0, 0.1) is 5.92 Å². The molecule has 250 valence electrons. The zero-order chi connectivity index (χ0) is 32.9. The molecule has 4 aliphatic rings. The lowest BCUT2D eigenvalue weighted by Gasteiger charge is -2.29. The predicted octanol–water partition coefficient (Wildman–Crippen LogP) is 2.93. The second-order valence-corrected chi connectivity index (χ2v) is 14.6. The van der Waals surface area contributed by atoms with E-state index in [4.69, 9.17) is 9.47 Å². The Labute approximate surface area is 270 Å². The summed E-state index contributed by atoms with van der Waals surface area (Å²) in [7, 11) is -3.85. The quantitative estimate of drug-likeness (QED) is 0.342. The number of allylic oxidation sites excluding steroid dienone is 1. The molecule has 0 aromatic heterocycles. The van der Waals surface area contributed by atoms with Gasteiger partial charge in [0.15, 0.2) is 0 Å². The summed E-state index contributed by atoms with van der Waals surface area (Å²) in [5.41, 5.74) is 0.441. The molecule has 2 aliphatic heterocycles. The Hall–Kier alpha value is -3.71. The number of nitrogens with zero attached hydrogens (tertiary/aromatic N) is 1. The summed E-state index contributed by atoms with van der Waals surface area (Å²) in [5.74, 6) is -2.33. The molecule has 0 unspecified atom stereocenters. The summed E-state index contributed by atoms with van der Waals surface area (Å²) >= 11 is 0. The van der Waals surface area contributed by atoms with Crippen molar-refractivity contribution in [1.29, 1.82) is 0 Å². The smallest absolute Gasteiger partial charge is 0.407 e. The maximum Gasteiger partial charge on any atom is 0.407 e. The number of carbonyl (C=O) groups excluding carboxylic acids is 4. The summed E-state index contributed by atoms with van der Waals surface area (Å²) < 4.78 is 38.9. The van der Waals surface area contributed by atoms with Crippen LogP contribution in [0.2, 0.25) is 0 Å². The number of fused-ring (bicyclic) bond motifs is 4. The Bertz CT molecular complexity index is 1480. The third kappa shape index (κ3) is 7.98. The molecule has 46 heavy (non-hydrogen) atoms. The van der Waals surface area contributed by atoms with Crippen LogP contribution in [-0.4, -0.2) is 79.3 Å². The van der Waals surface area contributed by atoms with Gasteiger partial charge in [-0.05, 0) is 55.7 Å². The minimum Gasteiger partial charge on any atom is -0.450 e. The van der Waals surface area contributed by atoms with E-state index in [2.05, 4.69) is 21.9 Å². The topological polar surface area (TPSA) is 160 Å². The molecule has 13 heteroatoms. The highest BCUT2D eigenvalue weighted by Crippen LogP contribution is 2.45. The molecule has 3 fully saturated rings. The van der Waals surface area contributed by atoms with Gasteiger partial charge < -0.3 is 25.0 Å². The van der Waals surface area contributed by atoms with E-state index in [1.54, 1.807) is 0 Å². The molecule has 4 amide bonds. The van der Waals surface area contributed by atoms with Crippen molar-refractivity contribution < 1.29 is 37.1 Å². The number of alkyl carbamates (subject to hydrolysis) is 1. The molecule has 1 aromatic carbocycles. The molecule has 5 atom stereocenters. The van der Waals surface area contributed by atoms with E-state index in [0.29, 0.717) is 38.5 Å². The van der Waals surface area contributed by atoms with Gasteiger partial charge in [-0.15, -0.1) is 6.58 Å². The Morgan fingerprint density at radius 1 is 1.24 bits per heavy atom. The second-order valence-electron chi connectivity index (χ2n) is 12.6. The fourth-order valence-corrected chi connectivity index (χ4v) is 7.43. The number of cyclic esters (lactones) is 1. The van der Waals surface area contributed by atoms with Crippen LogP contribution in [0.25, 0.3) is 6.08 Å². The average molecular weight is 657 g/mol. The lowest BCUT2D eigenvalue weighted by atomic mass is 10.1. The van der Waals surface area contributed by atoms with Crippen molar-refractivity contribution in [2.24, 2.45) is 5.92 Å². The van der Waals surface area contributed by atoms with Gasteiger partial charge >= 0.3 is 6.09 Å². The van der Waals surface area contributed by atoms with E-state index >= 15 is 0 Å². The first-order chi connectivity index (χ1) is 22.1. The molecule has 0 radical (unpaired) electrons. The highest BCUT2D eigenvalue weighted by Gasteiger charge is 2.62. The highest BCUT2D eigenvalue weighted by molar-refractivity contribution is 7.91. The molecule has 4 bridgehead atoms. The minimum absolute atomic E-state index is 0.0933. The Morgan fingerprint density at radius 2 is 2.04 bits per heavy atom. The first kappa shape index (κ1) is 33.6. The minimum atomic E-state index is -3.85. The van der Waals surface area contributed by atoms with Crippen molar-refractivity contribution in [3.63, 3.8) is 0 Å². The van der Waals surface area contributed by atoms with Gasteiger partial charge in [0.05, 0.1) is 24.6 Å². The number of hydrogen-bond acceptors (Lipinski definition) is 8. The Balaban J connectivity index is 1.39. The lowest BCUT2D eigenvalue weighted by molar-refractivity contribution is -0.141.